The number of aromatic hydroxyl groups is 1. The first-order chi connectivity index (χ1) is 10.3. The number of phenolic OH excluding ortho intramolecular Hbond substituents is 1. The molecule has 124 valence electrons. The monoisotopic (exact) mass is 386 g/mol. The Morgan fingerprint density at radius 2 is 1.82 bits per heavy atom. The minimum Gasteiger partial charge on any atom is -0.508 e. The van der Waals surface area contributed by atoms with Crippen LogP contribution in [-0.4, -0.2) is 24.9 Å². The van der Waals surface area contributed by atoms with E-state index in [2.05, 4.69) is 0 Å². The first kappa shape index (κ1) is 19.7. The van der Waals surface area contributed by atoms with E-state index in [0.717, 1.165) is 6.42 Å². The van der Waals surface area contributed by atoms with Crippen LogP contribution in [0.2, 0.25) is 10.0 Å². The molecule has 0 bridgehead atoms. The van der Waals surface area contributed by atoms with E-state index >= 15 is 0 Å². The Bertz CT molecular complexity index is 507. The molecule has 1 atom stereocenters. The van der Waals surface area contributed by atoms with Crippen LogP contribution in [0.5, 0.6) is 11.5 Å². The highest BCUT2D eigenvalue weighted by atomic mass is 35.5. The standard InChI is InChI=1S/C15H18Cl4O3/c1-3-15(2,8-21-5-4-13(18)19)9-22-14-11(16)6-10(20)7-12(14)17/h4,6-7,20H,3,5,8-9H2,1-2H3. The van der Waals surface area contributed by atoms with E-state index in [1.54, 1.807) is 6.08 Å². The summed E-state index contributed by atoms with van der Waals surface area (Å²) in [4.78, 5) is 0. The molecular formula is C15H18Cl4O3. The van der Waals surface area contributed by atoms with Crippen LogP contribution < -0.4 is 4.74 Å². The lowest BCUT2D eigenvalue weighted by atomic mass is 9.90. The van der Waals surface area contributed by atoms with E-state index in [9.17, 15) is 5.11 Å². The summed E-state index contributed by atoms with van der Waals surface area (Å²) in [6.07, 6.45) is 2.41. The molecule has 1 rings (SSSR count). The molecule has 0 heterocycles. The van der Waals surface area contributed by atoms with Gasteiger partial charge in [0, 0.05) is 17.5 Å². The fourth-order valence-electron chi connectivity index (χ4n) is 1.60. The van der Waals surface area contributed by atoms with Gasteiger partial charge >= 0.3 is 0 Å². The average Bonchev–Trinajstić information content (AvgIpc) is 2.42. The smallest absolute Gasteiger partial charge is 0.156 e. The maximum absolute atomic E-state index is 9.41. The lowest BCUT2D eigenvalue weighted by Crippen LogP contribution is -2.30. The van der Waals surface area contributed by atoms with Gasteiger partial charge in [-0.3, -0.25) is 0 Å². The van der Waals surface area contributed by atoms with Crippen molar-refractivity contribution >= 4 is 46.4 Å². The van der Waals surface area contributed by atoms with Crippen molar-refractivity contribution in [1.82, 2.24) is 0 Å². The maximum atomic E-state index is 9.41. The first-order valence-electron chi connectivity index (χ1n) is 6.67. The van der Waals surface area contributed by atoms with Crippen LogP contribution >= 0.6 is 46.4 Å². The summed E-state index contributed by atoms with van der Waals surface area (Å²) in [5.74, 6) is 0.346. The zero-order chi connectivity index (χ0) is 16.8. The quantitative estimate of drug-likeness (QED) is 0.570. The average molecular weight is 388 g/mol. The van der Waals surface area contributed by atoms with Crippen LogP contribution in [-0.2, 0) is 4.74 Å². The van der Waals surface area contributed by atoms with Gasteiger partial charge in [-0.05, 0) is 12.5 Å². The highest BCUT2D eigenvalue weighted by molar-refractivity contribution is 6.55. The number of benzene rings is 1. The van der Waals surface area contributed by atoms with E-state index in [-0.39, 0.29) is 25.7 Å². The SMILES string of the molecule is CCC(C)(COCC=C(Cl)Cl)COc1c(Cl)cc(O)cc1Cl. The van der Waals surface area contributed by atoms with Crippen molar-refractivity contribution in [2.24, 2.45) is 5.41 Å². The van der Waals surface area contributed by atoms with Gasteiger partial charge in [-0.15, -0.1) is 0 Å². The van der Waals surface area contributed by atoms with Gasteiger partial charge in [0.05, 0.1) is 29.9 Å². The van der Waals surface area contributed by atoms with Gasteiger partial charge in [0.25, 0.3) is 0 Å². The summed E-state index contributed by atoms with van der Waals surface area (Å²) < 4.78 is 11.4. The molecule has 22 heavy (non-hydrogen) atoms. The van der Waals surface area contributed by atoms with Gasteiger partial charge in [0.2, 0.25) is 0 Å². The van der Waals surface area contributed by atoms with Crippen LogP contribution in [0.15, 0.2) is 22.7 Å². The van der Waals surface area contributed by atoms with Crippen molar-refractivity contribution in [2.75, 3.05) is 19.8 Å². The Kier molecular flexibility index (Phi) is 8.15. The summed E-state index contributed by atoms with van der Waals surface area (Å²) in [6, 6.07) is 2.77. The Morgan fingerprint density at radius 3 is 2.32 bits per heavy atom. The highest BCUT2D eigenvalue weighted by Crippen LogP contribution is 2.37. The Balaban J connectivity index is 2.64. The third-order valence-corrected chi connectivity index (χ3v) is 4.08. The van der Waals surface area contributed by atoms with E-state index < -0.39 is 0 Å². The summed E-state index contributed by atoms with van der Waals surface area (Å²) >= 11 is 23.1. The molecule has 0 fully saturated rings. The van der Waals surface area contributed by atoms with E-state index in [1.807, 2.05) is 13.8 Å². The van der Waals surface area contributed by atoms with Crippen molar-refractivity contribution in [1.29, 1.82) is 0 Å². The molecular weight excluding hydrogens is 370 g/mol. The van der Waals surface area contributed by atoms with Gasteiger partial charge in [0.15, 0.2) is 5.75 Å². The molecule has 0 spiro atoms. The summed E-state index contributed by atoms with van der Waals surface area (Å²) in [6.45, 7) is 5.23. The van der Waals surface area contributed by atoms with Crippen LogP contribution in [0.1, 0.15) is 20.3 Å². The van der Waals surface area contributed by atoms with Gasteiger partial charge in [-0.1, -0.05) is 60.3 Å². The predicted octanol–water partition coefficient (Wildman–Crippen LogP) is 5.83. The van der Waals surface area contributed by atoms with Gasteiger partial charge in [0.1, 0.15) is 10.2 Å². The first-order valence-corrected chi connectivity index (χ1v) is 8.18. The fourth-order valence-corrected chi connectivity index (χ4v) is 2.31. The number of phenols is 1. The summed E-state index contributed by atoms with van der Waals surface area (Å²) in [7, 11) is 0. The molecule has 1 N–H and O–H groups in total. The molecule has 0 aliphatic rings. The molecule has 0 aliphatic carbocycles. The number of rotatable bonds is 8. The van der Waals surface area contributed by atoms with E-state index in [0.29, 0.717) is 25.6 Å². The molecule has 1 unspecified atom stereocenters. The molecule has 0 aliphatic heterocycles. The second-order valence-corrected chi connectivity index (χ2v) is 7.02. The molecule has 0 radical (unpaired) electrons. The minimum atomic E-state index is -0.225. The normalized spacial score (nSPS) is 13.5. The number of ether oxygens (including phenoxy) is 2. The van der Waals surface area contributed by atoms with Crippen molar-refractivity contribution in [2.45, 2.75) is 20.3 Å². The van der Waals surface area contributed by atoms with Crippen molar-refractivity contribution in [3.05, 3.63) is 32.7 Å². The Hall–Kier alpha value is -0.320. The minimum absolute atomic E-state index is 0.00585. The van der Waals surface area contributed by atoms with Crippen molar-refractivity contribution in [3.63, 3.8) is 0 Å². The molecule has 7 heteroatoms. The van der Waals surface area contributed by atoms with Crippen LogP contribution in [0.4, 0.5) is 0 Å². The molecule has 0 amide bonds. The van der Waals surface area contributed by atoms with Crippen LogP contribution in [0, 0.1) is 5.41 Å². The lowest BCUT2D eigenvalue weighted by molar-refractivity contribution is 0.0338. The maximum Gasteiger partial charge on any atom is 0.156 e. The number of hydrogen-bond donors (Lipinski definition) is 1. The third-order valence-electron chi connectivity index (χ3n) is 3.21. The summed E-state index contributed by atoms with van der Waals surface area (Å²) in [5, 5.41) is 9.94. The Morgan fingerprint density at radius 1 is 1.23 bits per heavy atom. The van der Waals surface area contributed by atoms with Gasteiger partial charge < -0.3 is 14.6 Å². The van der Waals surface area contributed by atoms with Crippen molar-refractivity contribution < 1.29 is 14.6 Å². The second-order valence-electron chi connectivity index (χ2n) is 5.20. The van der Waals surface area contributed by atoms with Crippen LogP contribution in [0.3, 0.4) is 0 Å². The highest BCUT2D eigenvalue weighted by Gasteiger charge is 2.25. The predicted molar refractivity (Wildman–Crippen MR) is 92.6 cm³/mol. The molecule has 0 saturated carbocycles. The van der Waals surface area contributed by atoms with Gasteiger partial charge in [-0.2, -0.15) is 0 Å². The van der Waals surface area contributed by atoms with Crippen LogP contribution in [0.25, 0.3) is 0 Å². The lowest BCUT2D eigenvalue weighted by Gasteiger charge is -2.28. The largest absolute Gasteiger partial charge is 0.508 e. The molecule has 0 aromatic heterocycles. The zero-order valence-electron chi connectivity index (χ0n) is 12.3. The van der Waals surface area contributed by atoms with Gasteiger partial charge in [-0.25, -0.2) is 0 Å². The molecule has 1 aromatic rings. The second kappa shape index (κ2) is 9.09. The number of halogens is 4. The third kappa shape index (κ3) is 6.43. The summed E-state index contributed by atoms with van der Waals surface area (Å²) in [5.41, 5.74) is -0.225. The van der Waals surface area contributed by atoms with E-state index in [1.165, 1.54) is 12.1 Å². The van der Waals surface area contributed by atoms with Crippen molar-refractivity contribution in [3.8, 4) is 11.5 Å². The fraction of sp³-hybridized carbons (Fsp3) is 0.467. The topological polar surface area (TPSA) is 38.7 Å². The zero-order valence-corrected chi connectivity index (χ0v) is 15.4. The molecule has 0 saturated heterocycles. The molecule has 3 nitrogen and oxygen atoms in total. The molecule has 1 aromatic carbocycles. The van der Waals surface area contributed by atoms with E-state index in [4.69, 9.17) is 55.9 Å². The Labute approximate surface area is 150 Å². The number of hydrogen-bond acceptors (Lipinski definition) is 3.